The lowest BCUT2D eigenvalue weighted by atomic mass is 10.3. The lowest BCUT2D eigenvalue weighted by molar-refractivity contribution is 0.102. The molecule has 0 aliphatic carbocycles. The molecule has 16 heavy (non-hydrogen) atoms. The van der Waals surface area contributed by atoms with Crippen molar-refractivity contribution in [1.82, 2.24) is 9.97 Å². The van der Waals surface area contributed by atoms with Crippen LogP contribution in [-0.2, 0) is 0 Å². The monoisotopic (exact) mass is 253 g/mol. The molecule has 0 saturated heterocycles. The van der Waals surface area contributed by atoms with E-state index in [1.165, 1.54) is 11.3 Å². The Morgan fingerprint density at radius 1 is 1.50 bits per heavy atom. The van der Waals surface area contributed by atoms with Crippen LogP contribution in [0.5, 0.6) is 0 Å². The highest BCUT2D eigenvalue weighted by Crippen LogP contribution is 2.20. The van der Waals surface area contributed by atoms with Gasteiger partial charge in [0.1, 0.15) is 4.88 Å². The van der Waals surface area contributed by atoms with Gasteiger partial charge >= 0.3 is 0 Å². The van der Waals surface area contributed by atoms with Gasteiger partial charge in [-0.25, -0.2) is 9.97 Å². The van der Waals surface area contributed by atoms with Gasteiger partial charge in [0.25, 0.3) is 5.91 Å². The second-order valence-corrected chi connectivity index (χ2v) is 4.32. The summed E-state index contributed by atoms with van der Waals surface area (Å²) in [4.78, 5) is 20.4. The van der Waals surface area contributed by atoms with Crippen LogP contribution in [0.4, 0.5) is 5.82 Å². The summed E-state index contributed by atoms with van der Waals surface area (Å²) in [5.41, 5.74) is 2.33. The Morgan fingerprint density at radius 2 is 2.31 bits per heavy atom. The Bertz CT molecular complexity index is 526. The summed E-state index contributed by atoms with van der Waals surface area (Å²) >= 11 is 7.17. The number of hydrogen-bond donors (Lipinski definition) is 1. The van der Waals surface area contributed by atoms with E-state index >= 15 is 0 Å². The van der Waals surface area contributed by atoms with E-state index in [0.29, 0.717) is 21.4 Å². The number of thiazole rings is 1. The molecule has 2 heterocycles. The minimum Gasteiger partial charge on any atom is -0.305 e. The molecule has 0 aromatic carbocycles. The molecule has 0 bridgehead atoms. The SMILES string of the molecule is Cc1ncsc1C(=O)Nc1ncccc1Cl. The van der Waals surface area contributed by atoms with Gasteiger partial charge in [0, 0.05) is 6.20 Å². The van der Waals surface area contributed by atoms with E-state index in [1.54, 1.807) is 30.8 Å². The fourth-order valence-electron chi connectivity index (χ4n) is 1.16. The van der Waals surface area contributed by atoms with Crippen molar-refractivity contribution in [2.75, 3.05) is 5.32 Å². The van der Waals surface area contributed by atoms with Crippen LogP contribution in [0, 0.1) is 6.92 Å². The van der Waals surface area contributed by atoms with Gasteiger partial charge in [-0.15, -0.1) is 11.3 Å². The number of pyridine rings is 1. The van der Waals surface area contributed by atoms with Crippen LogP contribution in [0.1, 0.15) is 15.4 Å². The third kappa shape index (κ3) is 2.20. The van der Waals surface area contributed by atoms with Gasteiger partial charge in [0.15, 0.2) is 5.82 Å². The van der Waals surface area contributed by atoms with Crippen molar-refractivity contribution in [3.63, 3.8) is 0 Å². The van der Waals surface area contributed by atoms with E-state index in [-0.39, 0.29) is 5.91 Å². The third-order valence-corrected chi connectivity index (χ3v) is 3.17. The average Bonchev–Trinajstić information content (AvgIpc) is 2.68. The molecule has 0 saturated carbocycles. The molecule has 0 radical (unpaired) electrons. The molecular weight excluding hydrogens is 246 g/mol. The van der Waals surface area contributed by atoms with Crippen LogP contribution in [0.2, 0.25) is 5.02 Å². The summed E-state index contributed by atoms with van der Waals surface area (Å²) in [6.45, 7) is 1.78. The summed E-state index contributed by atoms with van der Waals surface area (Å²) in [6, 6.07) is 3.37. The van der Waals surface area contributed by atoms with Gasteiger partial charge in [0.05, 0.1) is 16.2 Å². The predicted molar refractivity (Wildman–Crippen MR) is 64.1 cm³/mol. The smallest absolute Gasteiger partial charge is 0.268 e. The molecule has 6 heteroatoms. The van der Waals surface area contributed by atoms with Gasteiger partial charge in [-0.3, -0.25) is 4.79 Å². The Balaban J connectivity index is 2.21. The van der Waals surface area contributed by atoms with E-state index in [0.717, 1.165) is 0 Å². The quantitative estimate of drug-likeness (QED) is 0.895. The summed E-state index contributed by atoms with van der Waals surface area (Å²) in [6.07, 6.45) is 1.57. The van der Waals surface area contributed by atoms with Crippen molar-refractivity contribution in [3.05, 3.63) is 39.4 Å². The van der Waals surface area contributed by atoms with Crippen molar-refractivity contribution in [2.45, 2.75) is 6.92 Å². The van der Waals surface area contributed by atoms with E-state index in [9.17, 15) is 4.79 Å². The summed E-state index contributed by atoms with van der Waals surface area (Å²) in [5, 5.41) is 3.06. The maximum absolute atomic E-state index is 11.8. The zero-order valence-electron chi connectivity index (χ0n) is 8.40. The molecular formula is C10H8ClN3OS. The minimum atomic E-state index is -0.236. The first-order chi connectivity index (χ1) is 7.68. The van der Waals surface area contributed by atoms with Crippen LogP contribution in [-0.4, -0.2) is 15.9 Å². The van der Waals surface area contributed by atoms with Gasteiger partial charge in [-0.2, -0.15) is 0 Å². The standard InChI is InChI=1S/C10H8ClN3OS/c1-6-8(16-5-13-6)10(15)14-9-7(11)3-2-4-12-9/h2-5H,1H3,(H,12,14,15). The number of aryl methyl sites for hydroxylation is 1. The topological polar surface area (TPSA) is 54.9 Å². The van der Waals surface area contributed by atoms with Crippen LogP contribution in [0.3, 0.4) is 0 Å². The van der Waals surface area contributed by atoms with Crippen LogP contribution < -0.4 is 5.32 Å². The highest BCUT2D eigenvalue weighted by molar-refractivity contribution is 7.12. The first kappa shape index (κ1) is 11.0. The molecule has 1 N–H and O–H groups in total. The van der Waals surface area contributed by atoms with Gasteiger partial charge in [-0.05, 0) is 19.1 Å². The van der Waals surface area contributed by atoms with Crippen LogP contribution in [0.15, 0.2) is 23.8 Å². The fraction of sp³-hybridized carbons (Fsp3) is 0.100. The Hall–Kier alpha value is -1.46. The number of carbonyl (C=O) groups excluding carboxylic acids is 1. The average molecular weight is 254 g/mol. The number of carbonyl (C=O) groups is 1. The molecule has 2 rings (SSSR count). The van der Waals surface area contributed by atoms with Gasteiger partial charge in [-0.1, -0.05) is 11.6 Å². The molecule has 2 aromatic heterocycles. The summed E-state index contributed by atoms with van der Waals surface area (Å²) in [7, 11) is 0. The Kier molecular flexibility index (Phi) is 3.17. The predicted octanol–water partition coefficient (Wildman–Crippen LogP) is 2.75. The largest absolute Gasteiger partial charge is 0.305 e. The van der Waals surface area contributed by atoms with Crippen molar-refractivity contribution < 1.29 is 4.79 Å². The van der Waals surface area contributed by atoms with Crippen LogP contribution >= 0.6 is 22.9 Å². The number of anilines is 1. The zero-order valence-corrected chi connectivity index (χ0v) is 9.97. The number of amides is 1. The maximum atomic E-state index is 11.8. The number of nitrogens with one attached hydrogen (secondary N) is 1. The first-order valence-electron chi connectivity index (χ1n) is 4.50. The molecule has 82 valence electrons. The molecule has 0 fully saturated rings. The lowest BCUT2D eigenvalue weighted by Gasteiger charge is -2.04. The van der Waals surface area contributed by atoms with Crippen molar-refractivity contribution >= 4 is 34.7 Å². The number of aromatic nitrogens is 2. The first-order valence-corrected chi connectivity index (χ1v) is 5.76. The van der Waals surface area contributed by atoms with Crippen LogP contribution in [0.25, 0.3) is 0 Å². The van der Waals surface area contributed by atoms with Crippen molar-refractivity contribution in [3.8, 4) is 0 Å². The molecule has 0 spiro atoms. The van der Waals surface area contributed by atoms with E-state index in [2.05, 4.69) is 15.3 Å². The number of halogens is 1. The lowest BCUT2D eigenvalue weighted by Crippen LogP contribution is -2.12. The maximum Gasteiger partial charge on any atom is 0.268 e. The Labute approximate surface area is 101 Å². The molecule has 1 amide bonds. The van der Waals surface area contributed by atoms with E-state index in [1.807, 2.05) is 0 Å². The van der Waals surface area contributed by atoms with Crippen molar-refractivity contribution in [2.24, 2.45) is 0 Å². The highest BCUT2D eigenvalue weighted by Gasteiger charge is 2.13. The Morgan fingerprint density at radius 3 is 2.94 bits per heavy atom. The third-order valence-electron chi connectivity index (χ3n) is 1.94. The van der Waals surface area contributed by atoms with Gasteiger partial charge < -0.3 is 5.32 Å². The second-order valence-electron chi connectivity index (χ2n) is 3.05. The molecule has 2 aromatic rings. The second kappa shape index (κ2) is 4.59. The number of hydrogen-bond acceptors (Lipinski definition) is 4. The summed E-state index contributed by atoms with van der Waals surface area (Å²) in [5.74, 6) is 0.127. The molecule has 0 unspecified atom stereocenters. The number of rotatable bonds is 2. The van der Waals surface area contributed by atoms with Crippen molar-refractivity contribution in [1.29, 1.82) is 0 Å². The normalized spacial score (nSPS) is 10.1. The molecule has 0 atom stereocenters. The number of nitrogens with zero attached hydrogens (tertiary/aromatic N) is 2. The van der Waals surface area contributed by atoms with E-state index < -0.39 is 0 Å². The highest BCUT2D eigenvalue weighted by atomic mass is 35.5. The van der Waals surface area contributed by atoms with Gasteiger partial charge in [0.2, 0.25) is 0 Å². The molecule has 0 aliphatic heterocycles. The fourth-order valence-corrected chi connectivity index (χ4v) is 2.03. The minimum absolute atomic E-state index is 0.236. The van der Waals surface area contributed by atoms with E-state index in [4.69, 9.17) is 11.6 Å². The summed E-state index contributed by atoms with van der Waals surface area (Å²) < 4.78 is 0. The molecule has 4 nitrogen and oxygen atoms in total. The molecule has 0 aliphatic rings. The zero-order chi connectivity index (χ0) is 11.5.